The number of carbonyl (C=O) groups excluding carboxylic acids is 1. The molecule has 0 saturated carbocycles. The van der Waals surface area contributed by atoms with Gasteiger partial charge in [0.1, 0.15) is 0 Å². The third-order valence-electron chi connectivity index (χ3n) is 3.90. The van der Waals surface area contributed by atoms with E-state index in [-0.39, 0.29) is 35.8 Å². The zero-order valence-electron chi connectivity index (χ0n) is 14.0. The number of carbonyl (C=O) groups is 1. The summed E-state index contributed by atoms with van der Waals surface area (Å²) < 4.78 is 5.26. The Morgan fingerprint density at radius 2 is 2.21 bits per heavy atom. The monoisotopic (exact) mass is 357 g/mol. The van der Waals surface area contributed by atoms with Crippen molar-refractivity contribution < 1.29 is 14.5 Å². The second-order valence-electron chi connectivity index (χ2n) is 5.52. The minimum absolute atomic E-state index is 0. The summed E-state index contributed by atoms with van der Waals surface area (Å²) in [7, 11) is 0. The number of nitrogens with one attached hydrogen (secondary N) is 1. The molecule has 1 unspecified atom stereocenters. The van der Waals surface area contributed by atoms with Gasteiger partial charge in [-0.25, -0.2) is 0 Å². The molecule has 1 atom stereocenters. The van der Waals surface area contributed by atoms with Crippen molar-refractivity contribution in [1.82, 2.24) is 10.2 Å². The van der Waals surface area contributed by atoms with Crippen LogP contribution in [0.5, 0.6) is 5.75 Å². The molecule has 1 aliphatic heterocycles. The molecule has 1 amide bonds. The van der Waals surface area contributed by atoms with Crippen LogP contribution in [0.1, 0.15) is 37.0 Å². The Kier molecular flexibility index (Phi) is 7.94. The minimum atomic E-state index is -0.511. The second kappa shape index (κ2) is 9.44. The maximum atomic E-state index is 12.8. The van der Waals surface area contributed by atoms with Gasteiger partial charge in [-0.05, 0) is 38.4 Å². The number of hydrogen-bond donors (Lipinski definition) is 1. The standard InChI is InChI=1S/C16H23N3O4.ClH/c1-3-9-18(13-7-8-17-11-13)16(20)12-5-6-15(23-4-2)14(10-12)19(21)22;/h5-6,10,13,17H,3-4,7-9,11H2,1-2H3;1H. The van der Waals surface area contributed by atoms with E-state index < -0.39 is 4.92 Å². The Balaban J connectivity index is 0.00000288. The van der Waals surface area contributed by atoms with Gasteiger partial charge in [0.25, 0.3) is 5.91 Å². The lowest BCUT2D eigenvalue weighted by molar-refractivity contribution is -0.385. The number of rotatable bonds is 7. The lowest BCUT2D eigenvalue weighted by Crippen LogP contribution is -2.42. The van der Waals surface area contributed by atoms with Gasteiger partial charge >= 0.3 is 5.69 Å². The van der Waals surface area contributed by atoms with E-state index in [4.69, 9.17) is 4.74 Å². The fraction of sp³-hybridized carbons (Fsp3) is 0.562. The molecule has 0 aliphatic carbocycles. The molecule has 24 heavy (non-hydrogen) atoms. The van der Waals surface area contributed by atoms with Crippen molar-refractivity contribution in [2.75, 3.05) is 26.2 Å². The molecule has 134 valence electrons. The predicted octanol–water partition coefficient (Wildman–Crippen LogP) is 2.63. The maximum absolute atomic E-state index is 12.8. The number of benzene rings is 1. The number of nitro benzene ring substituents is 1. The Labute approximate surface area is 147 Å². The summed E-state index contributed by atoms with van der Waals surface area (Å²) in [5.74, 6) is 0.0327. The number of nitrogens with zero attached hydrogens (tertiary/aromatic N) is 2. The number of halogens is 1. The number of hydrogen-bond acceptors (Lipinski definition) is 5. The molecule has 1 aliphatic rings. The van der Waals surface area contributed by atoms with Crippen LogP contribution in [0, 0.1) is 10.1 Å². The van der Waals surface area contributed by atoms with Gasteiger partial charge in [0.2, 0.25) is 0 Å². The first-order valence-corrected chi connectivity index (χ1v) is 8.01. The van der Waals surface area contributed by atoms with E-state index in [9.17, 15) is 14.9 Å². The summed E-state index contributed by atoms with van der Waals surface area (Å²) >= 11 is 0. The summed E-state index contributed by atoms with van der Waals surface area (Å²) in [5.41, 5.74) is 0.166. The van der Waals surface area contributed by atoms with Crippen LogP contribution in [0.15, 0.2) is 18.2 Å². The van der Waals surface area contributed by atoms with Gasteiger partial charge in [0, 0.05) is 30.8 Å². The van der Waals surface area contributed by atoms with Crippen LogP contribution < -0.4 is 10.1 Å². The topological polar surface area (TPSA) is 84.7 Å². The minimum Gasteiger partial charge on any atom is -0.487 e. The summed E-state index contributed by atoms with van der Waals surface area (Å²) in [4.78, 5) is 25.3. The number of amides is 1. The molecule has 8 heteroatoms. The maximum Gasteiger partial charge on any atom is 0.311 e. The van der Waals surface area contributed by atoms with Crippen LogP contribution in [0.4, 0.5) is 5.69 Å². The van der Waals surface area contributed by atoms with E-state index in [2.05, 4.69) is 5.32 Å². The van der Waals surface area contributed by atoms with E-state index in [1.165, 1.54) is 12.1 Å². The van der Waals surface area contributed by atoms with Crippen molar-refractivity contribution in [3.05, 3.63) is 33.9 Å². The SMILES string of the molecule is CCCN(C(=O)c1ccc(OCC)c([N+](=O)[O-])c1)C1CCNC1.Cl. The highest BCUT2D eigenvalue weighted by Gasteiger charge is 2.28. The van der Waals surface area contributed by atoms with Crippen LogP contribution in [0.2, 0.25) is 0 Å². The molecule has 0 bridgehead atoms. The van der Waals surface area contributed by atoms with E-state index in [1.807, 2.05) is 11.8 Å². The van der Waals surface area contributed by atoms with E-state index in [0.29, 0.717) is 18.7 Å². The summed E-state index contributed by atoms with van der Waals surface area (Å²) in [5, 5.41) is 14.5. The largest absolute Gasteiger partial charge is 0.487 e. The van der Waals surface area contributed by atoms with Gasteiger partial charge in [-0.1, -0.05) is 6.92 Å². The summed E-state index contributed by atoms with van der Waals surface area (Å²) in [6.07, 6.45) is 1.76. The lowest BCUT2D eigenvalue weighted by atomic mass is 10.1. The summed E-state index contributed by atoms with van der Waals surface area (Å²) in [6, 6.07) is 4.57. The lowest BCUT2D eigenvalue weighted by Gasteiger charge is -2.28. The normalized spacial score (nSPS) is 16.3. The van der Waals surface area contributed by atoms with E-state index in [1.54, 1.807) is 13.0 Å². The Morgan fingerprint density at radius 3 is 2.75 bits per heavy atom. The van der Waals surface area contributed by atoms with Crippen molar-refractivity contribution in [2.45, 2.75) is 32.7 Å². The zero-order chi connectivity index (χ0) is 16.8. The quantitative estimate of drug-likeness (QED) is 0.599. The Hall–Kier alpha value is -1.86. The average Bonchev–Trinajstić information content (AvgIpc) is 3.06. The van der Waals surface area contributed by atoms with Crippen LogP contribution >= 0.6 is 12.4 Å². The number of nitro groups is 1. The van der Waals surface area contributed by atoms with Crippen molar-refractivity contribution in [2.24, 2.45) is 0 Å². The van der Waals surface area contributed by atoms with Crippen LogP contribution in [-0.2, 0) is 0 Å². The molecule has 1 N–H and O–H groups in total. The van der Waals surface area contributed by atoms with Crippen molar-refractivity contribution in [1.29, 1.82) is 0 Å². The predicted molar refractivity (Wildman–Crippen MR) is 94.1 cm³/mol. The molecule has 7 nitrogen and oxygen atoms in total. The fourth-order valence-electron chi connectivity index (χ4n) is 2.83. The Bertz CT molecular complexity index is 576. The van der Waals surface area contributed by atoms with Crippen molar-refractivity contribution in [3.8, 4) is 5.75 Å². The molecule has 2 rings (SSSR count). The van der Waals surface area contributed by atoms with Gasteiger partial charge in [-0.15, -0.1) is 12.4 Å². The first-order valence-electron chi connectivity index (χ1n) is 8.01. The van der Waals surface area contributed by atoms with Crippen molar-refractivity contribution in [3.63, 3.8) is 0 Å². The zero-order valence-corrected chi connectivity index (χ0v) is 14.8. The molecule has 1 saturated heterocycles. The Morgan fingerprint density at radius 1 is 1.46 bits per heavy atom. The third kappa shape index (κ3) is 4.58. The molecule has 1 heterocycles. The molecule has 1 aromatic carbocycles. The van der Waals surface area contributed by atoms with Gasteiger partial charge < -0.3 is 15.0 Å². The molecule has 1 aromatic rings. The van der Waals surface area contributed by atoms with Gasteiger partial charge in [0.15, 0.2) is 5.75 Å². The van der Waals surface area contributed by atoms with Gasteiger partial charge in [-0.2, -0.15) is 0 Å². The molecule has 1 fully saturated rings. The molecule has 0 radical (unpaired) electrons. The van der Waals surface area contributed by atoms with Gasteiger partial charge in [0.05, 0.1) is 11.5 Å². The van der Waals surface area contributed by atoms with E-state index in [0.717, 1.165) is 25.9 Å². The second-order valence-corrected chi connectivity index (χ2v) is 5.52. The fourth-order valence-corrected chi connectivity index (χ4v) is 2.83. The molecular formula is C16H24ClN3O4. The molecule has 0 spiro atoms. The van der Waals surface area contributed by atoms with Gasteiger partial charge in [-0.3, -0.25) is 14.9 Å². The smallest absolute Gasteiger partial charge is 0.311 e. The van der Waals surface area contributed by atoms with Crippen LogP contribution in [-0.4, -0.2) is 48.0 Å². The first-order chi connectivity index (χ1) is 11.1. The third-order valence-corrected chi connectivity index (χ3v) is 3.90. The first kappa shape index (κ1) is 20.2. The highest BCUT2D eigenvalue weighted by atomic mass is 35.5. The van der Waals surface area contributed by atoms with Crippen molar-refractivity contribution >= 4 is 24.0 Å². The average molecular weight is 358 g/mol. The molecular weight excluding hydrogens is 334 g/mol. The highest BCUT2D eigenvalue weighted by Crippen LogP contribution is 2.29. The van der Waals surface area contributed by atoms with Crippen LogP contribution in [0.25, 0.3) is 0 Å². The molecule has 0 aromatic heterocycles. The van der Waals surface area contributed by atoms with Crippen LogP contribution in [0.3, 0.4) is 0 Å². The highest BCUT2D eigenvalue weighted by molar-refractivity contribution is 5.95. The van der Waals surface area contributed by atoms with E-state index >= 15 is 0 Å². The summed E-state index contributed by atoms with van der Waals surface area (Å²) in [6.45, 7) is 6.42. The number of ether oxygens (including phenoxy) is 1.